The Labute approximate surface area is 166 Å². The van der Waals surface area contributed by atoms with Gasteiger partial charge in [-0.1, -0.05) is 23.7 Å². The largest absolute Gasteiger partial charge is 0.319 e. The molecule has 0 aliphatic heterocycles. The van der Waals surface area contributed by atoms with Gasteiger partial charge in [-0.2, -0.15) is 5.10 Å². The van der Waals surface area contributed by atoms with E-state index in [1.807, 2.05) is 32.2 Å². The number of anilines is 1. The van der Waals surface area contributed by atoms with Gasteiger partial charge in [-0.3, -0.25) is 9.48 Å². The van der Waals surface area contributed by atoms with Gasteiger partial charge in [-0.15, -0.1) is 11.8 Å². The van der Waals surface area contributed by atoms with Gasteiger partial charge in [0.2, 0.25) is 0 Å². The van der Waals surface area contributed by atoms with Crippen LogP contribution in [-0.4, -0.2) is 21.9 Å². The lowest BCUT2D eigenvalue weighted by Crippen LogP contribution is -2.14. The number of rotatable bonds is 5. The van der Waals surface area contributed by atoms with Gasteiger partial charge < -0.3 is 5.32 Å². The van der Waals surface area contributed by atoms with E-state index in [-0.39, 0.29) is 11.7 Å². The first-order valence-corrected chi connectivity index (χ1v) is 9.92. The zero-order chi connectivity index (χ0) is 19.6. The van der Waals surface area contributed by atoms with Crippen LogP contribution in [0.5, 0.6) is 0 Å². The van der Waals surface area contributed by atoms with Crippen molar-refractivity contribution in [1.29, 1.82) is 0 Å². The van der Waals surface area contributed by atoms with Crippen molar-refractivity contribution in [2.75, 3.05) is 11.6 Å². The molecule has 0 spiro atoms. The quantitative estimate of drug-likeness (QED) is 0.587. The second-order valence-electron chi connectivity index (χ2n) is 6.13. The molecule has 0 fully saturated rings. The molecule has 0 aliphatic carbocycles. The average molecular weight is 404 g/mol. The zero-order valence-electron chi connectivity index (χ0n) is 15.2. The number of benzene rings is 2. The third-order valence-corrected chi connectivity index (χ3v) is 5.31. The Hall–Kier alpha value is -2.31. The second-order valence-corrected chi connectivity index (χ2v) is 7.42. The highest BCUT2D eigenvalue weighted by atomic mass is 35.5. The van der Waals surface area contributed by atoms with Gasteiger partial charge in [0.15, 0.2) is 0 Å². The molecule has 0 saturated carbocycles. The van der Waals surface area contributed by atoms with Crippen LogP contribution in [0.3, 0.4) is 0 Å². The van der Waals surface area contributed by atoms with Crippen molar-refractivity contribution in [2.24, 2.45) is 0 Å². The highest BCUT2D eigenvalue weighted by molar-refractivity contribution is 7.98. The summed E-state index contributed by atoms with van der Waals surface area (Å²) in [5, 5.41) is 7.79. The molecule has 1 aromatic heterocycles. The standard InChI is InChI=1S/C20H19ClFN3OS/c1-12-19(23-20(26)17-10-16(27-3)7-8-18(17)21)13(2)25(24-12)11-14-5-4-6-15(22)9-14/h4-10H,11H2,1-3H3,(H,23,26). The number of carbonyl (C=O) groups is 1. The number of aromatic nitrogens is 2. The van der Waals surface area contributed by atoms with Gasteiger partial charge in [0.05, 0.1) is 34.2 Å². The smallest absolute Gasteiger partial charge is 0.257 e. The topological polar surface area (TPSA) is 46.9 Å². The van der Waals surface area contributed by atoms with E-state index in [9.17, 15) is 9.18 Å². The van der Waals surface area contributed by atoms with Crippen LogP contribution in [0.15, 0.2) is 47.4 Å². The van der Waals surface area contributed by atoms with Crippen LogP contribution < -0.4 is 5.32 Å². The normalized spacial score (nSPS) is 10.9. The molecule has 0 saturated heterocycles. The molecule has 27 heavy (non-hydrogen) atoms. The van der Waals surface area contributed by atoms with Crippen LogP contribution in [-0.2, 0) is 6.54 Å². The molecule has 1 amide bonds. The fraction of sp³-hybridized carbons (Fsp3) is 0.200. The Kier molecular flexibility index (Phi) is 5.87. The van der Waals surface area contributed by atoms with Crippen molar-refractivity contribution in [3.05, 3.63) is 75.8 Å². The highest BCUT2D eigenvalue weighted by Gasteiger charge is 2.17. The molecule has 3 rings (SSSR count). The molecule has 2 aromatic carbocycles. The van der Waals surface area contributed by atoms with Crippen molar-refractivity contribution >= 4 is 35.0 Å². The predicted octanol–water partition coefficient (Wildman–Crippen LogP) is 5.31. The zero-order valence-corrected chi connectivity index (χ0v) is 16.8. The lowest BCUT2D eigenvalue weighted by atomic mass is 10.2. The molecular weight excluding hydrogens is 385 g/mol. The van der Waals surface area contributed by atoms with Gasteiger partial charge in [0, 0.05) is 4.90 Å². The van der Waals surface area contributed by atoms with Crippen LogP contribution in [0.25, 0.3) is 0 Å². The molecule has 0 unspecified atom stereocenters. The van der Waals surface area contributed by atoms with E-state index >= 15 is 0 Å². The first-order chi connectivity index (χ1) is 12.9. The monoisotopic (exact) mass is 403 g/mol. The van der Waals surface area contributed by atoms with Crippen LogP contribution in [0.1, 0.15) is 27.3 Å². The van der Waals surface area contributed by atoms with Crippen LogP contribution in [0, 0.1) is 19.7 Å². The van der Waals surface area contributed by atoms with E-state index in [4.69, 9.17) is 11.6 Å². The van der Waals surface area contributed by atoms with Crippen LogP contribution in [0.2, 0.25) is 5.02 Å². The van der Waals surface area contributed by atoms with Gasteiger partial charge in [0.1, 0.15) is 5.82 Å². The van der Waals surface area contributed by atoms with E-state index in [0.717, 1.165) is 16.2 Å². The van der Waals surface area contributed by atoms with E-state index in [1.54, 1.807) is 34.6 Å². The Morgan fingerprint density at radius 3 is 2.74 bits per heavy atom. The van der Waals surface area contributed by atoms with Crippen molar-refractivity contribution in [3.63, 3.8) is 0 Å². The fourth-order valence-corrected chi connectivity index (χ4v) is 3.47. The Morgan fingerprint density at radius 1 is 1.26 bits per heavy atom. The third kappa shape index (κ3) is 4.34. The minimum atomic E-state index is -0.286. The van der Waals surface area contributed by atoms with Crippen LogP contribution >= 0.6 is 23.4 Å². The summed E-state index contributed by atoms with van der Waals surface area (Å²) in [5.41, 5.74) is 3.34. The Bertz CT molecular complexity index is 1000. The van der Waals surface area contributed by atoms with Gasteiger partial charge in [-0.25, -0.2) is 4.39 Å². The fourth-order valence-electron chi connectivity index (χ4n) is 2.83. The van der Waals surface area contributed by atoms with Crippen molar-refractivity contribution in [3.8, 4) is 0 Å². The van der Waals surface area contributed by atoms with Crippen LogP contribution in [0.4, 0.5) is 10.1 Å². The number of hydrogen-bond acceptors (Lipinski definition) is 3. The summed E-state index contributed by atoms with van der Waals surface area (Å²) in [7, 11) is 0. The second kappa shape index (κ2) is 8.15. The number of carbonyl (C=O) groups excluding carboxylic acids is 1. The van der Waals surface area contributed by atoms with Gasteiger partial charge in [-0.05, 0) is 56.0 Å². The molecular formula is C20H19ClFN3OS. The lowest BCUT2D eigenvalue weighted by Gasteiger charge is -2.09. The van der Waals surface area contributed by atoms with E-state index in [2.05, 4.69) is 10.4 Å². The number of thioether (sulfide) groups is 1. The summed E-state index contributed by atoms with van der Waals surface area (Å²) < 4.78 is 15.2. The van der Waals surface area contributed by atoms with E-state index in [1.165, 1.54) is 12.1 Å². The predicted molar refractivity (Wildman–Crippen MR) is 108 cm³/mol. The summed E-state index contributed by atoms with van der Waals surface area (Å²) in [6.45, 7) is 4.11. The maximum Gasteiger partial charge on any atom is 0.257 e. The highest BCUT2D eigenvalue weighted by Crippen LogP contribution is 2.26. The summed E-state index contributed by atoms with van der Waals surface area (Å²) in [4.78, 5) is 13.7. The third-order valence-electron chi connectivity index (χ3n) is 4.26. The van der Waals surface area contributed by atoms with E-state index < -0.39 is 0 Å². The SMILES string of the molecule is CSc1ccc(Cl)c(C(=O)Nc2c(C)nn(Cc3cccc(F)c3)c2C)c1. The molecule has 1 N–H and O–H groups in total. The number of nitrogens with zero attached hydrogens (tertiary/aromatic N) is 2. The summed E-state index contributed by atoms with van der Waals surface area (Å²) in [6, 6.07) is 11.7. The molecule has 1 heterocycles. The molecule has 0 radical (unpaired) electrons. The Morgan fingerprint density at radius 2 is 2.04 bits per heavy atom. The molecule has 0 atom stereocenters. The molecule has 0 bridgehead atoms. The summed E-state index contributed by atoms with van der Waals surface area (Å²) >= 11 is 7.74. The maximum absolute atomic E-state index is 13.4. The van der Waals surface area contributed by atoms with E-state index in [0.29, 0.717) is 28.5 Å². The number of amides is 1. The molecule has 140 valence electrons. The maximum atomic E-state index is 13.4. The molecule has 3 aromatic rings. The molecule has 7 heteroatoms. The average Bonchev–Trinajstić information content (AvgIpc) is 2.89. The summed E-state index contributed by atoms with van der Waals surface area (Å²) in [6.07, 6.45) is 1.94. The number of hydrogen-bond donors (Lipinski definition) is 1. The van der Waals surface area contributed by atoms with Crippen molar-refractivity contribution in [1.82, 2.24) is 9.78 Å². The first kappa shape index (κ1) is 19.5. The lowest BCUT2D eigenvalue weighted by molar-refractivity contribution is 0.102. The van der Waals surface area contributed by atoms with Crippen molar-refractivity contribution < 1.29 is 9.18 Å². The van der Waals surface area contributed by atoms with Gasteiger partial charge >= 0.3 is 0 Å². The number of halogens is 2. The first-order valence-electron chi connectivity index (χ1n) is 8.32. The van der Waals surface area contributed by atoms with Crippen molar-refractivity contribution in [2.45, 2.75) is 25.3 Å². The van der Waals surface area contributed by atoms with Gasteiger partial charge in [0.25, 0.3) is 5.91 Å². The minimum absolute atomic E-state index is 0.285. The Balaban J connectivity index is 1.85. The minimum Gasteiger partial charge on any atom is -0.319 e. The summed E-state index contributed by atoms with van der Waals surface area (Å²) in [5.74, 6) is -0.571. The number of nitrogens with one attached hydrogen (secondary N) is 1. The molecule has 4 nitrogen and oxygen atoms in total. The number of aryl methyl sites for hydroxylation is 1. The molecule has 0 aliphatic rings.